The fraction of sp³-hybridized carbons (Fsp3) is 0.182. The Morgan fingerprint density at radius 3 is 2.80 bits per heavy atom. The molecule has 0 unspecified atom stereocenters. The van der Waals surface area contributed by atoms with Crippen LogP contribution in [-0.2, 0) is 7.05 Å². The number of aromatic nitrogens is 1. The average Bonchev–Trinajstić information content (AvgIpc) is 2.71. The second-order valence-electron chi connectivity index (χ2n) is 3.43. The Hall–Kier alpha value is -1.97. The molecule has 0 aliphatic heterocycles. The van der Waals surface area contributed by atoms with Crippen LogP contribution in [-0.4, -0.2) is 15.6 Å². The molecule has 2 rings (SSSR count). The largest absolute Gasteiger partial charge is 0.477 e. The van der Waals surface area contributed by atoms with Crippen LogP contribution in [0.3, 0.4) is 0 Å². The third kappa shape index (κ3) is 1.44. The SMILES string of the molecule is Cc1cn(C)c(C(=O)O)c1-c1ccco1. The molecule has 4 heteroatoms. The maximum atomic E-state index is 11.1. The molecular weight excluding hydrogens is 194 g/mol. The minimum Gasteiger partial charge on any atom is -0.477 e. The molecule has 0 aliphatic rings. The van der Waals surface area contributed by atoms with E-state index in [4.69, 9.17) is 9.52 Å². The molecule has 0 radical (unpaired) electrons. The van der Waals surface area contributed by atoms with Crippen LogP contribution in [0.4, 0.5) is 0 Å². The summed E-state index contributed by atoms with van der Waals surface area (Å²) in [6.07, 6.45) is 3.31. The quantitative estimate of drug-likeness (QED) is 0.818. The minimum absolute atomic E-state index is 0.252. The second kappa shape index (κ2) is 3.31. The van der Waals surface area contributed by atoms with Gasteiger partial charge in [-0.1, -0.05) is 0 Å². The van der Waals surface area contributed by atoms with E-state index in [0.29, 0.717) is 11.3 Å². The van der Waals surface area contributed by atoms with E-state index in [1.165, 1.54) is 6.26 Å². The van der Waals surface area contributed by atoms with E-state index in [1.807, 2.05) is 6.92 Å². The highest BCUT2D eigenvalue weighted by Gasteiger charge is 2.20. The number of carbonyl (C=O) groups is 1. The molecule has 0 bridgehead atoms. The van der Waals surface area contributed by atoms with Gasteiger partial charge < -0.3 is 14.1 Å². The van der Waals surface area contributed by atoms with Gasteiger partial charge in [-0.15, -0.1) is 0 Å². The number of carboxylic acid groups (broad SMARTS) is 1. The van der Waals surface area contributed by atoms with Gasteiger partial charge in [-0.3, -0.25) is 0 Å². The lowest BCUT2D eigenvalue weighted by Gasteiger charge is -2.00. The Labute approximate surface area is 86.8 Å². The van der Waals surface area contributed by atoms with Gasteiger partial charge in [-0.05, 0) is 24.6 Å². The third-order valence-electron chi connectivity index (χ3n) is 2.34. The van der Waals surface area contributed by atoms with E-state index in [-0.39, 0.29) is 5.69 Å². The first-order valence-corrected chi connectivity index (χ1v) is 4.54. The number of furan rings is 1. The number of carboxylic acids is 1. The van der Waals surface area contributed by atoms with Crippen molar-refractivity contribution in [3.63, 3.8) is 0 Å². The molecule has 0 aliphatic carbocycles. The van der Waals surface area contributed by atoms with Crippen molar-refractivity contribution in [2.24, 2.45) is 7.05 Å². The summed E-state index contributed by atoms with van der Waals surface area (Å²) < 4.78 is 6.82. The number of hydrogen-bond acceptors (Lipinski definition) is 2. The van der Waals surface area contributed by atoms with Gasteiger partial charge in [0.05, 0.1) is 11.8 Å². The lowest BCUT2D eigenvalue weighted by atomic mass is 10.1. The van der Waals surface area contributed by atoms with Crippen LogP contribution in [0.25, 0.3) is 11.3 Å². The van der Waals surface area contributed by atoms with Crippen molar-refractivity contribution >= 4 is 5.97 Å². The minimum atomic E-state index is -0.947. The number of aryl methyl sites for hydroxylation is 2. The summed E-state index contributed by atoms with van der Waals surface area (Å²) >= 11 is 0. The molecule has 2 heterocycles. The molecule has 1 N–H and O–H groups in total. The normalized spacial score (nSPS) is 10.5. The molecule has 2 aromatic rings. The molecule has 15 heavy (non-hydrogen) atoms. The van der Waals surface area contributed by atoms with Gasteiger partial charge >= 0.3 is 5.97 Å². The predicted octanol–water partition coefficient (Wildman–Crippen LogP) is 2.29. The predicted molar refractivity (Wildman–Crippen MR) is 54.8 cm³/mol. The molecule has 0 fully saturated rings. The van der Waals surface area contributed by atoms with E-state index < -0.39 is 5.97 Å². The Bertz CT molecular complexity index is 494. The smallest absolute Gasteiger partial charge is 0.353 e. The van der Waals surface area contributed by atoms with Crippen molar-refractivity contribution in [2.45, 2.75) is 6.92 Å². The summed E-state index contributed by atoms with van der Waals surface area (Å²) in [6.45, 7) is 1.87. The van der Waals surface area contributed by atoms with Crippen LogP contribution in [0.5, 0.6) is 0 Å². The molecule has 0 aromatic carbocycles. The first kappa shape index (κ1) is 9.58. The van der Waals surface area contributed by atoms with Gasteiger partial charge in [0.25, 0.3) is 0 Å². The van der Waals surface area contributed by atoms with Crippen LogP contribution >= 0.6 is 0 Å². The first-order chi connectivity index (χ1) is 7.11. The van der Waals surface area contributed by atoms with Gasteiger partial charge in [0.1, 0.15) is 11.5 Å². The lowest BCUT2D eigenvalue weighted by Crippen LogP contribution is -2.05. The standard InChI is InChI=1S/C11H11NO3/c1-7-6-12(2)10(11(13)14)9(7)8-4-3-5-15-8/h3-6H,1-2H3,(H,13,14). The van der Waals surface area contributed by atoms with E-state index in [9.17, 15) is 4.79 Å². The van der Waals surface area contributed by atoms with Gasteiger partial charge in [-0.25, -0.2) is 4.79 Å². The Kier molecular flexibility index (Phi) is 2.11. The number of hydrogen-bond donors (Lipinski definition) is 1. The molecule has 4 nitrogen and oxygen atoms in total. The molecule has 0 saturated heterocycles. The average molecular weight is 205 g/mol. The maximum absolute atomic E-state index is 11.1. The molecule has 0 spiro atoms. The van der Waals surface area contributed by atoms with E-state index in [0.717, 1.165) is 5.56 Å². The second-order valence-corrected chi connectivity index (χ2v) is 3.43. The van der Waals surface area contributed by atoms with Crippen LogP contribution < -0.4 is 0 Å². The van der Waals surface area contributed by atoms with Crippen molar-refractivity contribution in [3.05, 3.63) is 35.9 Å². The van der Waals surface area contributed by atoms with Crippen molar-refractivity contribution in [1.29, 1.82) is 0 Å². The molecular formula is C11H11NO3. The fourth-order valence-electron chi connectivity index (χ4n) is 1.77. The zero-order valence-corrected chi connectivity index (χ0v) is 8.52. The van der Waals surface area contributed by atoms with Gasteiger partial charge in [0, 0.05) is 13.2 Å². The zero-order chi connectivity index (χ0) is 11.0. The Morgan fingerprint density at radius 2 is 2.27 bits per heavy atom. The van der Waals surface area contributed by atoms with Crippen molar-refractivity contribution in [2.75, 3.05) is 0 Å². The Balaban J connectivity index is 2.70. The summed E-state index contributed by atoms with van der Waals surface area (Å²) in [7, 11) is 1.71. The number of nitrogens with zero attached hydrogens (tertiary/aromatic N) is 1. The van der Waals surface area contributed by atoms with Crippen LogP contribution in [0.1, 0.15) is 16.1 Å². The van der Waals surface area contributed by atoms with E-state index >= 15 is 0 Å². The highest BCUT2D eigenvalue weighted by molar-refractivity contribution is 5.94. The van der Waals surface area contributed by atoms with Crippen LogP contribution in [0.2, 0.25) is 0 Å². The molecule has 78 valence electrons. The third-order valence-corrected chi connectivity index (χ3v) is 2.34. The molecule has 0 atom stereocenters. The van der Waals surface area contributed by atoms with E-state index in [1.54, 1.807) is 29.9 Å². The summed E-state index contributed by atoms with van der Waals surface area (Å²) in [5, 5.41) is 9.10. The summed E-state index contributed by atoms with van der Waals surface area (Å²) in [5.41, 5.74) is 1.79. The van der Waals surface area contributed by atoms with Gasteiger partial charge in [-0.2, -0.15) is 0 Å². The fourth-order valence-corrected chi connectivity index (χ4v) is 1.77. The van der Waals surface area contributed by atoms with Crippen molar-refractivity contribution in [3.8, 4) is 11.3 Å². The molecule has 0 amide bonds. The van der Waals surface area contributed by atoms with E-state index in [2.05, 4.69) is 0 Å². The topological polar surface area (TPSA) is 55.4 Å². The van der Waals surface area contributed by atoms with Gasteiger partial charge in [0.2, 0.25) is 0 Å². The summed E-state index contributed by atoms with van der Waals surface area (Å²) in [4.78, 5) is 11.1. The lowest BCUT2D eigenvalue weighted by molar-refractivity contribution is 0.0687. The maximum Gasteiger partial charge on any atom is 0.353 e. The molecule has 2 aromatic heterocycles. The monoisotopic (exact) mass is 205 g/mol. The van der Waals surface area contributed by atoms with Crippen molar-refractivity contribution in [1.82, 2.24) is 4.57 Å². The van der Waals surface area contributed by atoms with Crippen molar-refractivity contribution < 1.29 is 14.3 Å². The summed E-state index contributed by atoms with van der Waals surface area (Å²) in [6, 6.07) is 3.50. The number of rotatable bonds is 2. The highest BCUT2D eigenvalue weighted by Crippen LogP contribution is 2.28. The van der Waals surface area contributed by atoms with Crippen LogP contribution in [0, 0.1) is 6.92 Å². The Morgan fingerprint density at radius 1 is 1.53 bits per heavy atom. The van der Waals surface area contributed by atoms with Crippen LogP contribution in [0.15, 0.2) is 29.0 Å². The molecule has 0 saturated carbocycles. The highest BCUT2D eigenvalue weighted by atomic mass is 16.4. The summed E-state index contributed by atoms with van der Waals surface area (Å²) in [5.74, 6) is -0.359. The van der Waals surface area contributed by atoms with Gasteiger partial charge in [0.15, 0.2) is 0 Å². The number of aromatic carboxylic acids is 1. The zero-order valence-electron chi connectivity index (χ0n) is 8.52. The first-order valence-electron chi connectivity index (χ1n) is 4.54.